The molecule has 13 heavy (non-hydrogen) atoms. The van der Waals surface area contributed by atoms with Crippen LogP contribution in [0.15, 0.2) is 18.2 Å². The second-order valence-corrected chi connectivity index (χ2v) is 2.78. The maximum absolute atomic E-state index is 12.6. The van der Waals surface area contributed by atoms with Gasteiger partial charge in [-0.1, -0.05) is 12.1 Å². The summed E-state index contributed by atoms with van der Waals surface area (Å²) >= 11 is 0. The number of amides is 1. The summed E-state index contributed by atoms with van der Waals surface area (Å²) in [6.07, 6.45) is 0.644. The number of carbonyl (C=O) groups is 1. The SMILES string of the molecule is CC(=O)NCCc1cc[c]c(F)c1. The molecule has 0 aliphatic heterocycles. The molecule has 1 N–H and O–H groups in total. The average molecular weight is 180 g/mol. The summed E-state index contributed by atoms with van der Waals surface area (Å²) in [5.74, 6) is -0.428. The van der Waals surface area contributed by atoms with E-state index in [-0.39, 0.29) is 11.7 Å². The average Bonchev–Trinajstić information content (AvgIpc) is 2.03. The number of nitrogens with one attached hydrogen (secondary N) is 1. The summed E-state index contributed by atoms with van der Waals surface area (Å²) in [4.78, 5) is 10.5. The summed E-state index contributed by atoms with van der Waals surface area (Å²) in [6.45, 7) is 2.00. The molecule has 1 radical (unpaired) electrons. The molecular weight excluding hydrogens is 169 g/mol. The molecule has 3 heteroatoms. The number of rotatable bonds is 3. The lowest BCUT2D eigenvalue weighted by atomic mass is 10.1. The minimum Gasteiger partial charge on any atom is -0.356 e. The first kappa shape index (κ1) is 9.71. The molecule has 1 aromatic carbocycles. The van der Waals surface area contributed by atoms with Gasteiger partial charge in [-0.25, -0.2) is 4.39 Å². The molecule has 0 unspecified atom stereocenters. The van der Waals surface area contributed by atoms with Gasteiger partial charge >= 0.3 is 0 Å². The minimum atomic E-state index is -0.361. The van der Waals surface area contributed by atoms with Gasteiger partial charge in [-0.2, -0.15) is 0 Å². The van der Waals surface area contributed by atoms with Crippen molar-refractivity contribution >= 4 is 5.91 Å². The van der Waals surface area contributed by atoms with E-state index < -0.39 is 0 Å². The lowest BCUT2D eigenvalue weighted by molar-refractivity contribution is -0.118. The van der Waals surface area contributed by atoms with Crippen LogP contribution in [0.2, 0.25) is 0 Å². The van der Waals surface area contributed by atoms with Gasteiger partial charge in [-0.05, 0) is 18.1 Å². The molecule has 0 fully saturated rings. The summed E-state index contributed by atoms with van der Waals surface area (Å²) in [5.41, 5.74) is 0.866. The number of hydrogen-bond acceptors (Lipinski definition) is 1. The zero-order chi connectivity index (χ0) is 9.68. The molecule has 69 valence electrons. The molecule has 0 saturated carbocycles. The van der Waals surface area contributed by atoms with E-state index in [0.717, 1.165) is 5.56 Å². The topological polar surface area (TPSA) is 29.1 Å². The second kappa shape index (κ2) is 4.60. The Labute approximate surface area is 76.8 Å². The normalized spacial score (nSPS) is 9.69. The fourth-order valence-corrected chi connectivity index (χ4v) is 1.02. The van der Waals surface area contributed by atoms with Crippen LogP contribution in [0.25, 0.3) is 0 Å². The number of carbonyl (C=O) groups excluding carboxylic acids is 1. The van der Waals surface area contributed by atoms with Crippen LogP contribution in [-0.4, -0.2) is 12.5 Å². The lowest BCUT2D eigenvalue weighted by Crippen LogP contribution is -2.22. The van der Waals surface area contributed by atoms with Crippen molar-refractivity contribution in [3.05, 3.63) is 35.6 Å². The van der Waals surface area contributed by atoms with E-state index in [0.29, 0.717) is 13.0 Å². The van der Waals surface area contributed by atoms with E-state index in [4.69, 9.17) is 0 Å². The first-order chi connectivity index (χ1) is 6.18. The Morgan fingerprint density at radius 1 is 1.69 bits per heavy atom. The summed E-state index contributed by atoms with van der Waals surface area (Å²) < 4.78 is 12.6. The molecule has 1 rings (SSSR count). The van der Waals surface area contributed by atoms with Gasteiger partial charge in [-0.3, -0.25) is 4.79 Å². The minimum absolute atomic E-state index is 0.0667. The van der Waals surface area contributed by atoms with Crippen LogP contribution in [0.5, 0.6) is 0 Å². The first-order valence-corrected chi connectivity index (χ1v) is 4.09. The van der Waals surface area contributed by atoms with E-state index in [1.807, 2.05) is 0 Å². The molecule has 1 amide bonds. The monoisotopic (exact) mass is 180 g/mol. The highest BCUT2D eigenvalue weighted by Crippen LogP contribution is 2.02. The molecule has 0 bridgehead atoms. The molecular formula is C10H11FNO. The van der Waals surface area contributed by atoms with E-state index >= 15 is 0 Å². The smallest absolute Gasteiger partial charge is 0.216 e. The van der Waals surface area contributed by atoms with Gasteiger partial charge in [0, 0.05) is 19.5 Å². The highest BCUT2D eigenvalue weighted by molar-refractivity contribution is 5.72. The van der Waals surface area contributed by atoms with Crippen LogP contribution in [-0.2, 0) is 11.2 Å². The van der Waals surface area contributed by atoms with Gasteiger partial charge in [0.1, 0.15) is 5.82 Å². The molecule has 0 aliphatic carbocycles. The van der Waals surface area contributed by atoms with Crippen LogP contribution < -0.4 is 5.32 Å². The first-order valence-electron chi connectivity index (χ1n) is 4.09. The van der Waals surface area contributed by atoms with Crippen molar-refractivity contribution in [1.82, 2.24) is 5.32 Å². The number of benzene rings is 1. The predicted molar refractivity (Wildman–Crippen MR) is 47.6 cm³/mol. The van der Waals surface area contributed by atoms with Gasteiger partial charge in [-0.15, -0.1) is 0 Å². The zero-order valence-corrected chi connectivity index (χ0v) is 7.43. The Hall–Kier alpha value is -1.38. The van der Waals surface area contributed by atoms with E-state index in [2.05, 4.69) is 11.4 Å². The van der Waals surface area contributed by atoms with Crippen molar-refractivity contribution in [3.63, 3.8) is 0 Å². The third-order valence-electron chi connectivity index (χ3n) is 1.62. The number of halogens is 1. The molecule has 0 atom stereocenters. The van der Waals surface area contributed by atoms with Crippen LogP contribution in [0.3, 0.4) is 0 Å². The van der Waals surface area contributed by atoms with Gasteiger partial charge in [0.05, 0.1) is 0 Å². The van der Waals surface area contributed by atoms with Crippen LogP contribution in [0.1, 0.15) is 12.5 Å². The molecule has 0 saturated heterocycles. The maximum Gasteiger partial charge on any atom is 0.216 e. The predicted octanol–water partition coefficient (Wildman–Crippen LogP) is 1.30. The quantitative estimate of drug-likeness (QED) is 0.746. The summed E-state index contributed by atoms with van der Waals surface area (Å²) in [6, 6.07) is 7.16. The molecule has 0 aromatic heterocycles. The van der Waals surface area contributed by atoms with Crippen molar-refractivity contribution in [2.24, 2.45) is 0 Å². The Bertz CT molecular complexity index is 299. The number of hydrogen-bond donors (Lipinski definition) is 1. The largest absolute Gasteiger partial charge is 0.356 e. The van der Waals surface area contributed by atoms with Crippen molar-refractivity contribution in [2.75, 3.05) is 6.54 Å². The molecule has 0 heterocycles. The van der Waals surface area contributed by atoms with Crippen LogP contribution in [0, 0.1) is 11.9 Å². The highest BCUT2D eigenvalue weighted by atomic mass is 19.1. The maximum atomic E-state index is 12.6. The fraction of sp³-hybridized carbons (Fsp3) is 0.300. The Balaban J connectivity index is 2.41. The zero-order valence-electron chi connectivity index (χ0n) is 7.43. The molecule has 1 aromatic rings. The highest BCUT2D eigenvalue weighted by Gasteiger charge is 1.95. The van der Waals surface area contributed by atoms with Crippen molar-refractivity contribution in [2.45, 2.75) is 13.3 Å². The summed E-state index contributed by atoms with van der Waals surface area (Å²) in [5, 5.41) is 2.64. The van der Waals surface area contributed by atoms with E-state index in [1.54, 1.807) is 12.1 Å². The van der Waals surface area contributed by atoms with E-state index in [9.17, 15) is 9.18 Å². The van der Waals surface area contributed by atoms with E-state index in [1.165, 1.54) is 13.0 Å². The van der Waals surface area contributed by atoms with Crippen molar-refractivity contribution in [3.8, 4) is 0 Å². The Morgan fingerprint density at radius 2 is 2.46 bits per heavy atom. The van der Waals surface area contributed by atoms with Gasteiger partial charge in [0.25, 0.3) is 0 Å². The van der Waals surface area contributed by atoms with Crippen LogP contribution in [0.4, 0.5) is 4.39 Å². The molecule has 0 spiro atoms. The van der Waals surface area contributed by atoms with Gasteiger partial charge < -0.3 is 5.32 Å². The Kier molecular flexibility index (Phi) is 3.43. The fourth-order valence-electron chi connectivity index (χ4n) is 1.02. The second-order valence-electron chi connectivity index (χ2n) is 2.78. The van der Waals surface area contributed by atoms with Gasteiger partial charge in [0.15, 0.2) is 0 Å². The third kappa shape index (κ3) is 3.69. The lowest BCUT2D eigenvalue weighted by Gasteiger charge is -2.01. The van der Waals surface area contributed by atoms with Crippen LogP contribution >= 0.6 is 0 Å². The summed E-state index contributed by atoms with van der Waals surface area (Å²) in [7, 11) is 0. The Morgan fingerprint density at radius 3 is 3.08 bits per heavy atom. The standard InChI is InChI=1S/C10H11FNO/c1-8(13)12-6-5-9-3-2-4-10(11)7-9/h2-3,7H,5-6H2,1H3,(H,12,13). The van der Waals surface area contributed by atoms with Gasteiger partial charge in [0.2, 0.25) is 5.91 Å². The molecule has 0 aliphatic rings. The third-order valence-corrected chi connectivity index (χ3v) is 1.62. The molecule has 2 nitrogen and oxygen atoms in total. The van der Waals surface area contributed by atoms with Crippen molar-refractivity contribution < 1.29 is 9.18 Å². The van der Waals surface area contributed by atoms with Crippen molar-refractivity contribution in [1.29, 1.82) is 0 Å².